The van der Waals surface area contributed by atoms with E-state index < -0.39 is 23.1 Å². The highest BCUT2D eigenvalue weighted by Gasteiger charge is 2.32. The number of ketones is 1. The van der Waals surface area contributed by atoms with Gasteiger partial charge in [0, 0.05) is 11.3 Å². The summed E-state index contributed by atoms with van der Waals surface area (Å²) < 4.78 is 31.9. The SMILES string of the molecule is CC1(C)CC(=O)c2cc(NC(=O)c3ccc(F)c(F)c3)ccc2O1. The zero-order valence-corrected chi connectivity index (χ0v) is 13.2. The van der Waals surface area contributed by atoms with Gasteiger partial charge in [0.1, 0.15) is 11.4 Å². The molecule has 4 nitrogen and oxygen atoms in total. The summed E-state index contributed by atoms with van der Waals surface area (Å²) in [4.78, 5) is 24.3. The lowest BCUT2D eigenvalue weighted by molar-refractivity contribution is 0.0620. The first-order valence-corrected chi connectivity index (χ1v) is 7.38. The highest BCUT2D eigenvalue weighted by atomic mass is 19.2. The van der Waals surface area contributed by atoms with Crippen molar-refractivity contribution >= 4 is 17.4 Å². The number of anilines is 1. The quantitative estimate of drug-likeness (QED) is 0.906. The van der Waals surface area contributed by atoms with E-state index in [9.17, 15) is 18.4 Å². The second-order valence-electron chi connectivity index (χ2n) is 6.26. The first-order valence-electron chi connectivity index (χ1n) is 7.38. The number of hydrogen-bond acceptors (Lipinski definition) is 3. The fourth-order valence-corrected chi connectivity index (χ4v) is 2.57. The molecule has 0 saturated heterocycles. The summed E-state index contributed by atoms with van der Waals surface area (Å²) in [6.07, 6.45) is 0.237. The fourth-order valence-electron chi connectivity index (χ4n) is 2.57. The van der Waals surface area contributed by atoms with Crippen LogP contribution < -0.4 is 10.1 Å². The number of carbonyl (C=O) groups is 2. The van der Waals surface area contributed by atoms with Gasteiger partial charge in [-0.25, -0.2) is 8.78 Å². The van der Waals surface area contributed by atoms with Crippen molar-refractivity contribution in [2.24, 2.45) is 0 Å². The zero-order valence-electron chi connectivity index (χ0n) is 13.2. The maximum Gasteiger partial charge on any atom is 0.255 e. The normalized spacial score (nSPS) is 15.4. The molecular formula is C18H15F2NO3. The molecule has 124 valence electrons. The monoisotopic (exact) mass is 331 g/mol. The number of amides is 1. The van der Waals surface area contributed by atoms with Gasteiger partial charge in [-0.05, 0) is 50.2 Å². The Morgan fingerprint density at radius 1 is 1.12 bits per heavy atom. The van der Waals surface area contributed by atoms with E-state index in [1.54, 1.807) is 12.1 Å². The Bertz CT molecular complexity index is 846. The van der Waals surface area contributed by atoms with Crippen molar-refractivity contribution in [3.8, 4) is 5.75 Å². The maximum absolute atomic E-state index is 13.2. The van der Waals surface area contributed by atoms with Gasteiger partial charge < -0.3 is 10.1 Å². The number of nitrogens with one attached hydrogen (secondary N) is 1. The van der Waals surface area contributed by atoms with E-state index in [1.165, 1.54) is 12.1 Å². The minimum Gasteiger partial charge on any atom is -0.487 e. The fraction of sp³-hybridized carbons (Fsp3) is 0.222. The molecule has 2 aromatic rings. The lowest BCUT2D eigenvalue weighted by Gasteiger charge is -2.31. The van der Waals surface area contributed by atoms with E-state index in [2.05, 4.69) is 5.32 Å². The Hall–Kier alpha value is -2.76. The third-order valence-electron chi connectivity index (χ3n) is 3.69. The molecule has 0 aliphatic carbocycles. The highest BCUT2D eigenvalue weighted by molar-refractivity contribution is 6.06. The molecule has 3 rings (SSSR count). The van der Waals surface area contributed by atoms with Crippen molar-refractivity contribution in [3.05, 3.63) is 59.2 Å². The lowest BCUT2D eigenvalue weighted by atomic mass is 9.93. The molecule has 0 bridgehead atoms. The molecule has 0 radical (unpaired) electrons. The minimum atomic E-state index is -1.10. The Labute approximate surface area is 137 Å². The van der Waals surface area contributed by atoms with E-state index in [4.69, 9.17) is 4.74 Å². The molecule has 0 atom stereocenters. The van der Waals surface area contributed by atoms with Crippen LogP contribution in [0.5, 0.6) is 5.75 Å². The van der Waals surface area contributed by atoms with Crippen LogP contribution in [0.15, 0.2) is 36.4 Å². The van der Waals surface area contributed by atoms with E-state index in [-0.39, 0.29) is 17.8 Å². The van der Waals surface area contributed by atoms with E-state index in [0.717, 1.165) is 12.1 Å². The van der Waals surface area contributed by atoms with Gasteiger partial charge in [0.2, 0.25) is 0 Å². The molecule has 0 spiro atoms. The number of halogens is 2. The standard InChI is InChI=1S/C18H15F2NO3/c1-18(2)9-15(22)12-8-11(4-6-16(12)24-18)21-17(23)10-3-5-13(19)14(20)7-10/h3-8H,9H2,1-2H3,(H,21,23). The summed E-state index contributed by atoms with van der Waals surface area (Å²) in [5, 5.41) is 2.56. The number of Topliss-reactive ketones (excluding diaryl/α,β-unsaturated/α-hetero) is 1. The second-order valence-corrected chi connectivity index (χ2v) is 6.26. The molecule has 0 unspecified atom stereocenters. The number of ether oxygens (including phenoxy) is 1. The van der Waals surface area contributed by atoms with Crippen molar-refractivity contribution in [2.75, 3.05) is 5.32 Å². The molecule has 6 heteroatoms. The second kappa shape index (κ2) is 5.70. The summed E-state index contributed by atoms with van der Waals surface area (Å²) >= 11 is 0. The zero-order chi connectivity index (χ0) is 17.5. The average Bonchev–Trinajstić information content (AvgIpc) is 2.49. The molecule has 24 heavy (non-hydrogen) atoms. The molecule has 0 saturated carbocycles. The van der Waals surface area contributed by atoms with Crippen molar-refractivity contribution in [2.45, 2.75) is 25.9 Å². The van der Waals surface area contributed by atoms with Gasteiger partial charge in [-0.2, -0.15) is 0 Å². The molecule has 1 aliphatic rings. The predicted octanol–water partition coefficient (Wildman–Crippen LogP) is 3.96. The van der Waals surface area contributed by atoms with Crippen LogP contribution in [0, 0.1) is 11.6 Å². The third-order valence-corrected chi connectivity index (χ3v) is 3.69. The van der Waals surface area contributed by atoms with Gasteiger partial charge in [0.05, 0.1) is 12.0 Å². The van der Waals surface area contributed by atoms with Crippen molar-refractivity contribution in [3.63, 3.8) is 0 Å². The predicted molar refractivity (Wildman–Crippen MR) is 84.4 cm³/mol. The summed E-state index contributed by atoms with van der Waals surface area (Å²) in [5.74, 6) is -2.34. The molecule has 1 N–H and O–H groups in total. The third kappa shape index (κ3) is 3.13. The van der Waals surface area contributed by atoms with Crippen LogP contribution in [-0.2, 0) is 0 Å². The van der Waals surface area contributed by atoms with Gasteiger partial charge in [-0.3, -0.25) is 9.59 Å². The van der Waals surface area contributed by atoms with E-state index in [0.29, 0.717) is 17.0 Å². The van der Waals surface area contributed by atoms with Crippen LogP contribution in [0.2, 0.25) is 0 Å². The number of hydrogen-bond donors (Lipinski definition) is 1. The Morgan fingerprint density at radius 3 is 2.58 bits per heavy atom. The number of benzene rings is 2. The lowest BCUT2D eigenvalue weighted by Crippen LogP contribution is -2.35. The van der Waals surface area contributed by atoms with Crippen LogP contribution in [-0.4, -0.2) is 17.3 Å². The molecule has 1 aliphatic heterocycles. The Morgan fingerprint density at radius 2 is 1.88 bits per heavy atom. The summed E-state index contributed by atoms with van der Waals surface area (Å²) in [7, 11) is 0. The summed E-state index contributed by atoms with van der Waals surface area (Å²) in [5.41, 5.74) is 0.174. The molecule has 1 heterocycles. The Balaban J connectivity index is 1.84. The van der Waals surface area contributed by atoms with Gasteiger partial charge in [-0.1, -0.05) is 0 Å². The summed E-state index contributed by atoms with van der Waals surface area (Å²) in [6, 6.07) is 7.60. The largest absolute Gasteiger partial charge is 0.487 e. The number of carbonyl (C=O) groups excluding carboxylic acids is 2. The van der Waals surface area contributed by atoms with Crippen LogP contribution in [0.4, 0.5) is 14.5 Å². The van der Waals surface area contributed by atoms with Crippen molar-refractivity contribution in [1.82, 2.24) is 0 Å². The molecular weight excluding hydrogens is 316 g/mol. The van der Waals surface area contributed by atoms with Gasteiger partial charge in [0.25, 0.3) is 5.91 Å². The average molecular weight is 331 g/mol. The minimum absolute atomic E-state index is 0.0182. The van der Waals surface area contributed by atoms with Gasteiger partial charge >= 0.3 is 0 Å². The Kier molecular flexibility index (Phi) is 3.83. The van der Waals surface area contributed by atoms with Crippen LogP contribution >= 0.6 is 0 Å². The van der Waals surface area contributed by atoms with Crippen LogP contribution in [0.25, 0.3) is 0 Å². The number of rotatable bonds is 2. The van der Waals surface area contributed by atoms with E-state index in [1.807, 2.05) is 13.8 Å². The molecule has 0 aromatic heterocycles. The molecule has 1 amide bonds. The highest BCUT2D eigenvalue weighted by Crippen LogP contribution is 2.34. The van der Waals surface area contributed by atoms with Crippen molar-refractivity contribution in [1.29, 1.82) is 0 Å². The van der Waals surface area contributed by atoms with E-state index >= 15 is 0 Å². The molecule has 0 fully saturated rings. The van der Waals surface area contributed by atoms with Gasteiger partial charge in [0.15, 0.2) is 17.4 Å². The first kappa shape index (κ1) is 16.1. The van der Waals surface area contributed by atoms with Crippen molar-refractivity contribution < 1.29 is 23.1 Å². The molecule has 2 aromatic carbocycles. The van der Waals surface area contributed by atoms with Crippen LogP contribution in [0.1, 0.15) is 41.0 Å². The first-order chi connectivity index (χ1) is 11.2. The van der Waals surface area contributed by atoms with Gasteiger partial charge in [-0.15, -0.1) is 0 Å². The maximum atomic E-state index is 13.2. The summed E-state index contributed by atoms with van der Waals surface area (Å²) in [6.45, 7) is 3.65. The topological polar surface area (TPSA) is 55.4 Å². The van der Waals surface area contributed by atoms with Crippen LogP contribution in [0.3, 0.4) is 0 Å². The number of fused-ring (bicyclic) bond motifs is 1. The smallest absolute Gasteiger partial charge is 0.255 e.